The third-order valence-electron chi connectivity index (χ3n) is 3.22. The van der Waals surface area contributed by atoms with Gasteiger partial charge in [-0.3, -0.25) is 9.59 Å². The van der Waals surface area contributed by atoms with Crippen molar-refractivity contribution in [3.63, 3.8) is 0 Å². The van der Waals surface area contributed by atoms with E-state index in [0.717, 1.165) is 11.1 Å². The fourth-order valence-corrected chi connectivity index (χ4v) is 2.35. The molecule has 4 heteroatoms. The number of hydrogen-bond acceptors (Lipinski definition) is 4. The van der Waals surface area contributed by atoms with Gasteiger partial charge in [-0.25, -0.2) is 0 Å². The highest BCUT2D eigenvalue weighted by atomic mass is 16.5. The van der Waals surface area contributed by atoms with Gasteiger partial charge in [-0.15, -0.1) is 0 Å². The van der Waals surface area contributed by atoms with Crippen LogP contribution in [0, 0.1) is 0 Å². The standard InChI is InChI=1S/C16H16O4/c1-10(17)16-11(9-15(18)20-3)8-13-12(16)6-4-5-7-14(13)19-2/h4-8H,9H2,1-3H3. The maximum absolute atomic E-state index is 11.9. The van der Waals surface area contributed by atoms with E-state index in [1.54, 1.807) is 7.11 Å². The number of carbonyl (C=O) groups is 2. The van der Waals surface area contributed by atoms with Crippen molar-refractivity contribution in [2.75, 3.05) is 14.2 Å². The quantitative estimate of drug-likeness (QED) is 0.634. The highest BCUT2D eigenvalue weighted by molar-refractivity contribution is 6.05. The number of ketones is 1. The Morgan fingerprint density at radius 1 is 1.10 bits per heavy atom. The van der Waals surface area contributed by atoms with Crippen molar-refractivity contribution in [1.29, 1.82) is 0 Å². The first kappa shape index (κ1) is 14.1. The lowest BCUT2D eigenvalue weighted by Crippen LogP contribution is -2.07. The molecule has 0 saturated heterocycles. The number of fused-ring (bicyclic) bond motifs is 1. The van der Waals surface area contributed by atoms with Crippen molar-refractivity contribution >= 4 is 11.8 Å². The van der Waals surface area contributed by atoms with Crippen LogP contribution in [0.15, 0.2) is 30.3 Å². The van der Waals surface area contributed by atoms with E-state index in [-0.39, 0.29) is 18.2 Å². The summed E-state index contributed by atoms with van der Waals surface area (Å²) in [6.45, 7) is 1.50. The summed E-state index contributed by atoms with van der Waals surface area (Å²) in [5.74, 6) is 0.224. The number of methoxy groups -OCH3 is 2. The molecule has 0 saturated carbocycles. The Bertz CT molecular complexity index is 631. The van der Waals surface area contributed by atoms with E-state index in [1.807, 2.05) is 30.3 Å². The van der Waals surface area contributed by atoms with Gasteiger partial charge in [0.2, 0.25) is 0 Å². The van der Waals surface area contributed by atoms with Crippen LogP contribution in [0.1, 0.15) is 22.8 Å². The topological polar surface area (TPSA) is 52.6 Å². The van der Waals surface area contributed by atoms with Gasteiger partial charge in [0.05, 0.1) is 20.6 Å². The summed E-state index contributed by atoms with van der Waals surface area (Å²) < 4.78 is 10.0. The fourth-order valence-electron chi connectivity index (χ4n) is 2.35. The molecule has 0 unspecified atom stereocenters. The van der Waals surface area contributed by atoms with Crippen molar-refractivity contribution < 1.29 is 19.1 Å². The lowest BCUT2D eigenvalue weighted by molar-refractivity contribution is -0.139. The number of carbonyl (C=O) groups excluding carboxylic acids is 2. The van der Waals surface area contributed by atoms with Crippen molar-refractivity contribution in [1.82, 2.24) is 0 Å². The van der Waals surface area contributed by atoms with Gasteiger partial charge < -0.3 is 9.47 Å². The van der Waals surface area contributed by atoms with E-state index in [4.69, 9.17) is 4.74 Å². The molecule has 2 aliphatic rings. The molecule has 0 radical (unpaired) electrons. The maximum Gasteiger partial charge on any atom is 0.310 e. The smallest absolute Gasteiger partial charge is 0.310 e. The number of rotatable bonds is 4. The molecule has 20 heavy (non-hydrogen) atoms. The summed E-state index contributed by atoms with van der Waals surface area (Å²) in [5, 5.41) is 0. The van der Waals surface area contributed by atoms with Crippen molar-refractivity contribution in [3.05, 3.63) is 41.5 Å². The minimum absolute atomic E-state index is 0.0764. The molecule has 0 aromatic rings. The Kier molecular flexibility index (Phi) is 4.03. The average Bonchev–Trinajstić information content (AvgIpc) is 2.65. The molecule has 0 spiro atoms. The van der Waals surface area contributed by atoms with E-state index >= 15 is 0 Å². The van der Waals surface area contributed by atoms with Crippen LogP contribution in [0.2, 0.25) is 0 Å². The van der Waals surface area contributed by atoms with Crippen LogP contribution in [-0.4, -0.2) is 26.0 Å². The predicted octanol–water partition coefficient (Wildman–Crippen LogP) is 2.72. The van der Waals surface area contributed by atoms with Crippen molar-refractivity contribution in [2.24, 2.45) is 0 Å². The van der Waals surface area contributed by atoms with Gasteiger partial charge >= 0.3 is 5.97 Å². The molecule has 0 aliphatic heterocycles. The molecule has 0 fully saturated rings. The lowest BCUT2D eigenvalue weighted by Gasteiger charge is -2.03. The first-order chi connectivity index (χ1) is 9.58. The van der Waals surface area contributed by atoms with Crippen LogP contribution < -0.4 is 4.74 Å². The van der Waals surface area contributed by atoms with E-state index < -0.39 is 0 Å². The van der Waals surface area contributed by atoms with Gasteiger partial charge in [-0.1, -0.05) is 18.2 Å². The van der Waals surface area contributed by atoms with Gasteiger partial charge in [0, 0.05) is 11.1 Å². The molecule has 0 atom stereocenters. The molecule has 2 aliphatic carbocycles. The highest BCUT2D eigenvalue weighted by Crippen LogP contribution is 2.38. The first-order valence-corrected chi connectivity index (χ1v) is 6.24. The maximum atomic E-state index is 11.9. The zero-order valence-electron chi connectivity index (χ0n) is 11.7. The first-order valence-electron chi connectivity index (χ1n) is 6.24. The van der Waals surface area contributed by atoms with Crippen LogP contribution in [0.5, 0.6) is 5.75 Å². The van der Waals surface area contributed by atoms with Gasteiger partial charge in [0.1, 0.15) is 5.75 Å². The number of hydrogen-bond donors (Lipinski definition) is 0. The van der Waals surface area contributed by atoms with Gasteiger partial charge in [-0.05, 0) is 30.2 Å². The van der Waals surface area contributed by atoms with Crippen LogP contribution in [0.3, 0.4) is 0 Å². The Morgan fingerprint density at radius 2 is 1.80 bits per heavy atom. The second kappa shape index (κ2) is 5.74. The summed E-state index contributed by atoms with van der Waals surface area (Å²) in [4.78, 5) is 23.4. The SMILES string of the molecule is COC(=O)Cc1cc2c(OC)ccccc-2c1C(C)=O. The zero-order valence-corrected chi connectivity index (χ0v) is 11.7. The number of ether oxygens (including phenoxy) is 2. The lowest BCUT2D eigenvalue weighted by atomic mass is 10.0. The highest BCUT2D eigenvalue weighted by Gasteiger charge is 2.22. The van der Waals surface area contributed by atoms with E-state index in [0.29, 0.717) is 16.9 Å². The van der Waals surface area contributed by atoms with Gasteiger partial charge in [0.15, 0.2) is 5.78 Å². The van der Waals surface area contributed by atoms with Crippen LogP contribution >= 0.6 is 0 Å². The molecular formula is C16H16O4. The molecule has 0 aromatic carbocycles. The second-order valence-corrected chi connectivity index (χ2v) is 4.47. The summed E-state index contributed by atoms with van der Waals surface area (Å²) in [6, 6.07) is 9.20. The van der Waals surface area contributed by atoms with E-state index in [1.165, 1.54) is 14.0 Å². The predicted molar refractivity (Wildman–Crippen MR) is 75.3 cm³/mol. The normalized spacial score (nSPS) is 10.3. The number of Topliss-reactive ketones (excluding diaryl/α,β-unsaturated/α-hetero) is 1. The molecule has 2 rings (SSSR count). The molecule has 0 N–H and O–H groups in total. The third kappa shape index (κ3) is 2.50. The molecule has 0 amide bonds. The Balaban J connectivity index is 2.67. The molecule has 4 nitrogen and oxygen atoms in total. The molecule has 104 valence electrons. The minimum Gasteiger partial charge on any atom is -0.496 e. The number of esters is 1. The van der Waals surface area contributed by atoms with E-state index in [2.05, 4.69) is 4.74 Å². The second-order valence-electron chi connectivity index (χ2n) is 4.47. The third-order valence-corrected chi connectivity index (χ3v) is 3.22. The summed E-state index contributed by atoms with van der Waals surface area (Å²) in [5.41, 5.74) is 2.84. The van der Waals surface area contributed by atoms with Crippen LogP contribution in [0.25, 0.3) is 11.1 Å². The molecular weight excluding hydrogens is 256 g/mol. The molecule has 0 bridgehead atoms. The zero-order chi connectivity index (χ0) is 14.7. The summed E-state index contributed by atoms with van der Waals surface area (Å²) in [7, 11) is 2.91. The Labute approximate surface area is 117 Å². The van der Waals surface area contributed by atoms with E-state index in [9.17, 15) is 9.59 Å². The minimum atomic E-state index is -0.369. The van der Waals surface area contributed by atoms with Crippen molar-refractivity contribution in [2.45, 2.75) is 13.3 Å². The molecule has 0 aromatic heterocycles. The van der Waals surface area contributed by atoms with Gasteiger partial charge in [-0.2, -0.15) is 0 Å². The summed E-state index contributed by atoms with van der Waals surface area (Å²) >= 11 is 0. The van der Waals surface area contributed by atoms with Crippen molar-refractivity contribution in [3.8, 4) is 16.9 Å². The van der Waals surface area contributed by atoms with Crippen LogP contribution in [0.4, 0.5) is 0 Å². The fraction of sp³-hybridized carbons (Fsp3) is 0.250. The summed E-state index contributed by atoms with van der Waals surface area (Å²) in [6.07, 6.45) is 0.0764. The van der Waals surface area contributed by atoms with Gasteiger partial charge in [0.25, 0.3) is 0 Å². The van der Waals surface area contributed by atoms with Crippen LogP contribution in [-0.2, 0) is 16.0 Å². The Morgan fingerprint density at radius 3 is 2.40 bits per heavy atom. The monoisotopic (exact) mass is 272 g/mol. The molecule has 0 heterocycles. The largest absolute Gasteiger partial charge is 0.496 e. The average molecular weight is 272 g/mol. The Hall–Kier alpha value is -2.36.